The Morgan fingerprint density at radius 2 is 2.13 bits per heavy atom. The topological polar surface area (TPSA) is 67.8 Å². The van der Waals surface area contributed by atoms with Crippen molar-refractivity contribution in [3.8, 4) is 5.75 Å². The molecule has 1 N–H and O–H groups in total. The van der Waals surface area contributed by atoms with Crippen LogP contribution in [0.25, 0.3) is 0 Å². The van der Waals surface area contributed by atoms with Gasteiger partial charge in [0.2, 0.25) is 0 Å². The zero-order valence-electron chi connectivity index (χ0n) is 8.31. The van der Waals surface area contributed by atoms with Crippen LogP contribution in [0.3, 0.4) is 0 Å². The van der Waals surface area contributed by atoms with Crippen LogP contribution in [0, 0.1) is 0 Å². The van der Waals surface area contributed by atoms with E-state index in [2.05, 4.69) is 9.71 Å². The number of nitrogens with one attached hydrogen (secondary N) is 1. The van der Waals surface area contributed by atoms with Gasteiger partial charge in [0.1, 0.15) is 16.5 Å². The lowest BCUT2D eigenvalue weighted by Gasteiger charge is -2.16. The van der Waals surface area contributed by atoms with Crippen molar-refractivity contribution >= 4 is 21.5 Å². The summed E-state index contributed by atoms with van der Waals surface area (Å²) >= 11 is 0. The number of anilines is 1. The first-order valence-corrected chi connectivity index (χ1v) is 5.73. The van der Waals surface area contributed by atoms with E-state index in [-0.39, 0.29) is 4.90 Å². The van der Waals surface area contributed by atoms with Gasteiger partial charge < -0.3 is 10.1 Å². The maximum absolute atomic E-state index is 11.6. The van der Waals surface area contributed by atoms with Crippen LogP contribution in [0.1, 0.15) is 6.92 Å². The highest BCUT2D eigenvalue weighted by Crippen LogP contribution is 2.30. The van der Waals surface area contributed by atoms with Crippen LogP contribution in [0.4, 0.5) is 5.69 Å². The fourth-order valence-electron chi connectivity index (χ4n) is 1.41. The Morgan fingerprint density at radius 3 is 2.80 bits per heavy atom. The molecule has 1 aliphatic rings. The highest BCUT2D eigenvalue weighted by Gasteiger charge is 2.23. The maximum atomic E-state index is 11.6. The molecular weight excluding hydrogens is 216 g/mol. The second-order valence-corrected chi connectivity index (χ2v) is 4.71. The minimum absolute atomic E-state index is 0.175. The van der Waals surface area contributed by atoms with Gasteiger partial charge in [0.25, 0.3) is 10.0 Å². The van der Waals surface area contributed by atoms with Crippen LogP contribution < -0.4 is 10.1 Å². The Balaban J connectivity index is 2.63. The van der Waals surface area contributed by atoms with Crippen LogP contribution >= 0.6 is 0 Å². The van der Waals surface area contributed by atoms with Gasteiger partial charge in [-0.3, -0.25) is 0 Å². The molecule has 0 aromatic heterocycles. The predicted molar refractivity (Wildman–Crippen MR) is 56.9 cm³/mol. The number of sulfonamides is 1. The molecular formula is C9H10N2O3S. The Kier molecular flexibility index (Phi) is 2.15. The standard InChI is InChI=1S/C9H10N2O3S/c1-6-10-8-5-7(14-2)3-4-9(8)15(12,13)11-6/h3-5H,1-2H3,(H,10,11). The summed E-state index contributed by atoms with van der Waals surface area (Å²) in [5.74, 6) is 0.960. The molecule has 1 aliphatic heterocycles. The SMILES string of the molecule is COc1ccc2c(c1)NC(C)=NS2(=O)=O. The summed E-state index contributed by atoms with van der Waals surface area (Å²) in [5.41, 5.74) is 0.502. The van der Waals surface area contributed by atoms with Gasteiger partial charge in [0.05, 0.1) is 12.8 Å². The van der Waals surface area contributed by atoms with Crippen LogP contribution in [-0.2, 0) is 10.0 Å². The fourth-order valence-corrected chi connectivity index (χ4v) is 2.54. The van der Waals surface area contributed by atoms with Gasteiger partial charge in [-0.1, -0.05) is 0 Å². The molecule has 0 spiro atoms. The van der Waals surface area contributed by atoms with Crippen molar-refractivity contribution in [2.75, 3.05) is 12.4 Å². The van der Waals surface area contributed by atoms with E-state index >= 15 is 0 Å². The molecule has 80 valence electrons. The number of rotatable bonds is 1. The van der Waals surface area contributed by atoms with E-state index in [4.69, 9.17) is 4.74 Å². The van der Waals surface area contributed by atoms with Gasteiger partial charge in [0.15, 0.2) is 0 Å². The maximum Gasteiger partial charge on any atom is 0.286 e. The third-order valence-electron chi connectivity index (χ3n) is 2.04. The van der Waals surface area contributed by atoms with E-state index in [9.17, 15) is 8.42 Å². The molecule has 0 bridgehead atoms. The van der Waals surface area contributed by atoms with E-state index in [1.165, 1.54) is 13.2 Å². The van der Waals surface area contributed by atoms with Crippen molar-refractivity contribution in [1.29, 1.82) is 0 Å². The van der Waals surface area contributed by atoms with Gasteiger partial charge >= 0.3 is 0 Å². The average Bonchev–Trinajstić information content (AvgIpc) is 2.15. The summed E-state index contributed by atoms with van der Waals surface area (Å²) in [6, 6.07) is 4.70. The first-order chi connectivity index (χ1) is 7.03. The van der Waals surface area contributed by atoms with E-state index in [0.717, 1.165) is 0 Å². The quantitative estimate of drug-likeness (QED) is 0.782. The van der Waals surface area contributed by atoms with E-state index in [1.807, 2.05) is 0 Å². The van der Waals surface area contributed by atoms with Gasteiger partial charge in [0, 0.05) is 6.07 Å². The zero-order valence-corrected chi connectivity index (χ0v) is 9.13. The predicted octanol–water partition coefficient (Wildman–Crippen LogP) is 1.23. The third kappa shape index (κ3) is 1.68. The summed E-state index contributed by atoms with van der Waals surface area (Å²) in [4.78, 5) is 0.175. The number of benzene rings is 1. The van der Waals surface area contributed by atoms with Crippen molar-refractivity contribution in [3.63, 3.8) is 0 Å². The molecule has 0 saturated carbocycles. The van der Waals surface area contributed by atoms with E-state index < -0.39 is 10.0 Å². The van der Waals surface area contributed by atoms with Crippen molar-refractivity contribution in [2.45, 2.75) is 11.8 Å². The largest absolute Gasteiger partial charge is 0.497 e. The van der Waals surface area contributed by atoms with Crippen molar-refractivity contribution in [2.24, 2.45) is 4.40 Å². The summed E-state index contributed by atoms with van der Waals surface area (Å²) in [5, 5.41) is 2.88. The number of amidine groups is 1. The molecule has 2 rings (SSSR count). The average molecular weight is 226 g/mol. The first kappa shape index (κ1) is 9.97. The van der Waals surface area contributed by atoms with Gasteiger partial charge in [-0.2, -0.15) is 8.42 Å². The number of hydrogen-bond acceptors (Lipinski definition) is 4. The highest BCUT2D eigenvalue weighted by molar-refractivity contribution is 7.90. The monoisotopic (exact) mass is 226 g/mol. The molecule has 6 heteroatoms. The summed E-state index contributed by atoms with van der Waals surface area (Å²) in [6.45, 7) is 1.60. The third-order valence-corrected chi connectivity index (χ3v) is 3.46. The Labute approximate surface area is 87.8 Å². The lowest BCUT2D eigenvalue weighted by atomic mass is 10.3. The smallest absolute Gasteiger partial charge is 0.286 e. The number of ether oxygens (including phenoxy) is 1. The first-order valence-electron chi connectivity index (χ1n) is 4.29. The van der Waals surface area contributed by atoms with Crippen molar-refractivity contribution in [1.82, 2.24) is 0 Å². The number of hydrogen-bond donors (Lipinski definition) is 1. The van der Waals surface area contributed by atoms with Crippen LogP contribution in [0.5, 0.6) is 5.75 Å². The number of methoxy groups -OCH3 is 1. The second kappa shape index (κ2) is 3.23. The fraction of sp³-hybridized carbons (Fsp3) is 0.222. The van der Waals surface area contributed by atoms with Gasteiger partial charge in [-0.05, 0) is 19.1 Å². The minimum Gasteiger partial charge on any atom is -0.497 e. The molecule has 0 unspecified atom stereocenters. The molecule has 0 radical (unpaired) electrons. The van der Waals surface area contributed by atoms with Crippen molar-refractivity contribution < 1.29 is 13.2 Å². The Hall–Kier alpha value is -1.56. The zero-order chi connectivity index (χ0) is 11.1. The van der Waals surface area contributed by atoms with Crippen molar-refractivity contribution in [3.05, 3.63) is 18.2 Å². The molecule has 1 aromatic carbocycles. The molecule has 1 heterocycles. The van der Waals surface area contributed by atoms with E-state index in [0.29, 0.717) is 17.3 Å². The van der Waals surface area contributed by atoms with Crippen LogP contribution in [0.2, 0.25) is 0 Å². The summed E-state index contributed by atoms with van der Waals surface area (Å²) in [6.07, 6.45) is 0. The molecule has 1 aromatic rings. The minimum atomic E-state index is -3.55. The molecule has 0 atom stereocenters. The normalized spacial score (nSPS) is 17.3. The Morgan fingerprint density at radius 1 is 1.40 bits per heavy atom. The molecule has 0 fully saturated rings. The lowest BCUT2D eigenvalue weighted by Crippen LogP contribution is -2.18. The number of fused-ring (bicyclic) bond motifs is 1. The van der Waals surface area contributed by atoms with Crippen LogP contribution in [-0.4, -0.2) is 21.4 Å². The lowest BCUT2D eigenvalue weighted by molar-refractivity contribution is 0.414. The molecule has 0 aliphatic carbocycles. The van der Waals surface area contributed by atoms with E-state index in [1.54, 1.807) is 19.1 Å². The molecule has 5 nitrogen and oxygen atoms in total. The number of nitrogens with zero attached hydrogens (tertiary/aromatic N) is 1. The second-order valence-electron chi connectivity index (χ2n) is 3.14. The van der Waals surface area contributed by atoms with Crippen LogP contribution in [0.15, 0.2) is 27.5 Å². The molecule has 0 amide bonds. The van der Waals surface area contributed by atoms with Gasteiger partial charge in [-0.15, -0.1) is 4.40 Å². The highest BCUT2D eigenvalue weighted by atomic mass is 32.2. The van der Waals surface area contributed by atoms with Gasteiger partial charge in [-0.25, -0.2) is 0 Å². The summed E-state index contributed by atoms with van der Waals surface area (Å²) in [7, 11) is -2.02. The Bertz CT molecular complexity index is 534. The molecule has 0 saturated heterocycles. The molecule has 15 heavy (non-hydrogen) atoms. The summed E-state index contributed by atoms with van der Waals surface area (Å²) < 4.78 is 31.8.